The van der Waals surface area contributed by atoms with Crippen LogP contribution in [0.25, 0.3) is 0 Å². The first-order valence-corrected chi connectivity index (χ1v) is 11.7. The van der Waals surface area contributed by atoms with Crippen molar-refractivity contribution in [3.63, 3.8) is 0 Å². The van der Waals surface area contributed by atoms with E-state index in [4.69, 9.17) is 10.5 Å². The van der Waals surface area contributed by atoms with E-state index < -0.39 is 11.9 Å². The van der Waals surface area contributed by atoms with E-state index in [1.807, 2.05) is 61.5 Å². The number of aromatic nitrogens is 3. The molecule has 1 aliphatic rings. The van der Waals surface area contributed by atoms with Gasteiger partial charge >= 0.3 is 0 Å². The number of amides is 1. The first kappa shape index (κ1) is 22.0. The standard InChI is InChI=1S/C24H27N5O2S/c1-3-4-14-32-24-27-23-26-16(2)20(22(25)30)21(29(23)28-24)18-10-12-19(13-11-18)31-15-17-8-6-5-7-9-17/h5-13,21H,3-4,14-15H2,1-2H3,(H2,25,30)(H,26,27,28). The summed E-state index contributed by atoms with van der Waals surface area (Å²) in [6, 6.07) is 17.3. The number of primary amides is 1. The number of anilines is 1. The average Bonchev–Trinajstić information content (AvgIpc) is 3.20. The van der Waals surface area contributed by atoms with Gasteiger partial charge in [0.2, 0.25) is 17.0 Å². The molecule has 3 aromatic rings. The van der Waals surface area contributed by atoms with Gasteiger partial charge < -0.3 is 15.8 Å². The van der Waals surface area contributed by atoms with Crippen LogP contribution in [-0.2, 0) is 11.4 Å². The number of benzene rings is 2. The second-order valence-electron chi connectivity index (χ2n) is 7.64. The normalized spacial score (nSPS) is 15.2. The van der Waals surface area contributed by atoms with Crippen LogP contribution in [0.1, 0.15) is 43.9 Å². The molecule has 3 N–H and O–H groups in total. The number of carbonyl (C=O) groups excluding carboxylic acids is 1. The second kappa shape index (κ2) is 9.91. The Hall–Kier alpha value is -3.26. The lowest BCUT2D eigenvalue weighted by Gasteiger charge is -2.27. The molecule has 4 rings (SSSR count). The van der Waals surface area contributed by atoms with Crippen LogP contribution in [0.2, 0.25) is 0 Å². The number of nitrogens with zero attached hydrogens (tertiary/aromatic N) is 3. The summed E-state index contributed by atoms with van der Waals surface area (Å²) in [6.07, 6.45) is 2.21. The van der Waals surface area contributed by atoms with Crippen LogP contribution in [0.15, 0.2) is 71.0 Å². The molecule has 8 heteroatoms. The number of ether oxygens (including phenoxy) is 1. The molecule has 0 saturated carbocycles. The third-order valence-corrected chi connectivity index (χ3v) is 6.20. The molecule has 7 nitrogen and oxygen atoms in total. The fraction of sp³-hybridized carbons (Fsp3) is 0.292. The zero-order valence-corrected chi connectivity index (χ0v) is 19.1. The van der Waals surface area contributed by atoms with Crippen LogP contribution in [0.3, 0.4) is 0 Å². The van der Waals surface area contributed by atoms with E-state index in [-0.39, 0.29) is 0 Å². The molecular weight excluding hydrogens is 422 g/mol. The summed E-state index contributed by atoms with van der Waals surface area (Å²) in [6.45, 7) is 4.49. The van der Waals surface area contributed by atoms with Gasteiger partial charge in [0.25, 0.3) is 0 Å². The monoisotopic (exact) mass is 449 g/mol. The Morgan fingerprint density at radius 1 is 1.19 bits per heavy atom. The molecule has 0 bridgehead atoms. The Balaban J connectivity index is 1.59. The smallest absolute Gasteiger partial charge is 0.248 e. The number of hydrogen-bond acceptors (Lipinski definition) is 6. The maximum Gasteiger partial charge on any atom is 0.248 e. The molecular formula is C24H27N5O2S. The highest BCUT2D eigenvalue weighted by Crippen LogP contribution is 2.36. The Labute approximate surface area is 192 Å². The van der Waals surface area contributed by atoms with Gasteiger partial charge in [-0.1, -0.05) is 67.6 Å². The molecule has 2 heterocycles. The highest BCUT2D eigenvalue weighted by molar-refractivity contribution is 7.99. The van der Waals surface area contributed by atoms with Crippen LogP contribution in [0, 0.1) is 0 Å². The van der Waals surface area contributed by atoms with Crippen molar-refractivity contribution in [2.75, 3.05) is 11.1 Å². The van der Waals surface area contributed by atoms with Crippen molar-refractivity contribution in [2.45, 2.75) is 44.5 Å². The van der Waals surface area contributed by atoms with Gasteiger partial charge in [0.1, 0.15) is 18.4 Å². The van der Waals surface area contributed by atoms with E-state index in [1.165, 1.54) is 0 Å². The van der Waals surface area contributed by atoms with Crippen molar-refractivity contribution in [3.8, 4) is 5.75 Å². The summed E-state index contributed by atoms with van der Waals surface area (Å²) >= 11 is 1.62. The lowest BCUT2D eigenvalue weighted by molar-refractivity contribution is -0.115. The minimum Gasteiger partial charge on any atom is -0.489 e. The van der Waals surface area contributed by atoms with Crippen molar-refractivity contribution in [1.82, 2.24) is 14.8 Å². The zero-order chi connectivity index (χ0) is 22.5. The van der Waals surface area contributed by atoms with Gasteiger partial charge in [0.05, 0.1) is 5.57 Å². The van der Waals surface area contributed by atoms with Crippen molar-refractivity contribution in [3.05, 3.63) is 77.0 Å². The predicted molar refractivity (Wildman–Crippen MR) is 127 cm³/mol. The van der Waals surface area contributed by atoms with Crippen LogP contribution >= 0.6 is 11.8 Å². The molecule has 1 aliphatic heterocycles. The van der Waals surface area contributed by atoms with Gasteiger partial charge in [-0.05, 0) is 36.6 Å². The minimum atomic E-state index is -0.481. The van der Waals surface area contributed by atoms with Gasteiger partial charge in [-0.25, -0.2) is 4.68 Å². The molecule has 32 heavy (non-hydrogen) atoms. The van der Waals surface area contributed by atoms with E-state index in [0.29, 0.717) is 29.0 Å². The third kappa shape index (κ3) is 4.80. The van der Waals surface area contributed by atoms with Crippen LogP contribution in [0.5, 0.6) is 5.75 Å². The Morgan fingerprint density at radius 3 is 2.62 bits per heavy atom. The van der Waals surface area contributed by atoms with Crippen molar-refractivity contribution < 1.29 is 9.53 Å². The summed E-state index contributed by atoms with van der Waals surface area (Å²) in [5.41, 5.74) is 8.92. The Morgan fingerprint density at radius 2 is 1.94 bits per heavy atom. The quantitative estimate of drug-likeness (QED) is 0.368. The fourth-order valence-electron chi connectivity index (χ4n) is 3.61. The van der Waals surface area contributed by atoms with Gasteiger partial charge in [0.15, 0.2) is 0 Å². The van der Waals surface area contributed by atoms with Crippen LogP contribution in [0.4, 0.5) is 5.95 Å². The number of nitrogens with two attached hydrogens (primary N) is 1. The largest absolute Gasteiger partial charge is 0.489 e. The van der Waals surface area contributed by atoms with E-state index in [9.17, 15) is 4.79 Å². The van der Waals surface area contributed by atoms with Crippen molar-refractivity contribution >= 4 is 23.6 Å². The van der Waals surface area contributed by atoms with E-state index in [1.54, 1.807) is 16.4 Å². The molecule has 1 amide bonds. The summed E-state index contributed by atoms with van der Waals surface area (Å²) in [7, 11) is 0. The summed E-state index contributed by atoms with van der Waals surface area (Å²) in [4.78, 5) is 17.0. The SMILES string of the molecule is CCCCSc1nc2n(n1)C(c1ccc(OCc3ccccc3)cc1)C(C(N)=O)=C(C)N2. The molecule has 1 aromatic heterocycles. The number of rotatable bonds is 9. The van der Waals surface area contributed by atoms with Crippen molar-refractivity contribution in [1.29, 1.82) is 0 Å². The summed E-state index contributed by atoms with van der Waals surface area (Å²) in [5, 5.41) is 8.55. The first-order valence-electron chi connectivity index (χ1n) is 10.7. The minimum absolute atomic E-state index is 0.444. The van der Waals surface area contributed by atoms with Crippen LogP contribution < -0.4 is 15.8 Å². The number of hydrogen-bond donors (Lipinski definition) is 2. The summed E-state index contributed by atoms with van der Waals surface area (Å²) < 4.78 is 7.66. The van der Waals surface area contributed by atoms with E-state index in [0.717, 1.165) is 35.5 Å². The molecule has 166 valence electrons. The third-order valence-electron chi connectivity index (χ3n) is 5.27. The molecule has 0 spiro atoms. The number of unbranched alkanes of at least 4 members (excludes halogenated alkanes) is 1. The van der Waals surface area contributed by atoms with E-state index in [2.05, 4.69) is 22.3 Å². The first-order chi connectivity index (χ1) is 15.6. The Kier molecular flexibility index (Phi) is 6.80. The Bertz CT molecular complexity index is 1110. The van der Waals surface area contributed by atoms with Gasteiger partial charge in [0, 0.05) is 11.4 Å². The average molecular weight is 450 g/mol. The number of carbonyl (C=O) groups is 1. The molecule has 0 fully saturated rings. The molecule has 1 unspecified atom stereocenters. The topological polar surface area (TPSA) is 95.1 Å². The lowest BCUT2D eigenvalue weighted by atomic mass is 9.95. The predicted octanol–water partition coefficient (Wildman–Crippen LogP) is 4.52. The highest BCUT2D eigenvalue weighted by atomic mass is 32.2. The van der Waals surface area contributed by atoms with Crippen molar-refractivity contribution in [2.24, 2.45) is 5.73 Å². The molecule has 1 atom stereocenters. The van der Waals surface area contributed by atoms with Gasteiger partial charge in [-0.3, -0.25) is 4.79 Å². The van der Waals surface area contributed by atoms with Gasteiger partial charge in [-0.2, -0.15) is 4.98 Å². The second-order valence-corrected chi connectivity index (χ2v) is 8.70. The highest BCUT2D eigenvalue weighted by Gasteiger charge is 2.33. The zero-order valence-electron chi connectivity index (χ0n) is 18.2. The molecule has 0 radical (unpaired) electrons. The summed E-state index contributed by atoms with van der Waals surface area (Å²) in [5.74, 6) is 1.83. The maximum atomic E-state index is 12.3. The maximum absolute atomic E-state index is 12.3. The molecule has 2 aromatic carbocycles. The molecule has 0 aliphatic carbocycles. The lowest BCUT2D eigenvalue weighted by Crippen LogP contribution is -2.31. The van der Waals surface area contributed by atoms with Crippen LogP contribution in [-0.4, -0.2) is 26.4 Å². The fourth-order valence-corrected chi connectivity index (χ4v) is 4.53. The molecule has 0 saturated heterocycles. The number of allylic oxidation sites excluding steroid dienone is 1. The van der Waals surface area contributed by atoms with Gasteiger partial charge in [-0.15, -0.1) is 5.10 Å². The number of thioether (sulfide) groups is 1. The van der Waals surface area contributed by atoms with E-state index >= 15 is 0 Å². The number of fused-ring (bicyclic) bond motifs is 1. The number of nitrogens with one attached hydrogen (secondary N) is 1.